The lowest BCUT2D eigenvalue weighted by Gasteiger charge is -2.28. The molecule has 100 valence electrons. The van der Waals surface area contributed by atoms with Gasteiger partial charge in [-0.25, -0.2) is 4.79 Å². The fraction of sp³-hybridized carbons (Fsp3) is 0.846. The van der Waals surface area contributed by atoms with Gasteiger partial charge in [0.1, 0.15) is 5.54 Å². The highest BCUT2D eigenvalue weighted by atomic mass is 16.5. The second kappa shape index (κ2) is 7.30. The summed E-state index contributed by atoms with van der Waals surface area (Å²) < 4.78 is 4.75. The molecule has 0 aromatic heterocycles. The molecule has 0 saturated heterocycles. The van der Waals surface area contributed by atoms with Gasteiger partial charge in [0.05, 0.1) is 7.11 Å². The average Bonchev–Trinajstić information content (AvgIpc) is 2.27. The fourth-order valence-electron chi connectivity index (χ4n) is 1.76. The molecule has 4 heteroatoms. The van der Waals surface area contributed by atoms with Crippen molar-refractivity contribution in [1.82, 2.24) is 5.32 Å². The summed E-state index contributed by atoms with van der Waals surface area (Å²) in [4.78, 5) is 23.5. The van der Waals surface area contributed by atoms with Crippen molar-refractivity contribution in [3.63, 3.8) is 0 Å². The number of ether oxygens (including phenoxy) is 1. The summed E-state index contributed by atoms with van der Waals surface area (Å²) in [5, 5.41) is 2.80. The van der Waals surface area contributed by atoms with Crippen molar-refractivity contribution in [3.05, 3.63) is 0 Å². The van der Waals surface area contributed by atoms with E-state index in [-0.39, 0.29) is 11.9 Å². The quantitative estimate of drug-likeness (QED) is 0.698. The highest BCUT2D eigenvalue weighted by Gasteiger charge is 2.35. The first-order valence-corrected chi connectivity index (χ1v) is 6.29. The maximum absolute atomic E-state index is 11.8. The first-order valence-electron chi connectivity index (χ1n) is 6.29. The minimum atomic E-state index is -0.895. The Morgan fingerprint density at radius 1 is 1.35 bits per heavy atom. The van der Waals surface area contributed by atoms with E-state index >= 15 is 0 Å². The van der Waals surface area contributed by atoms with E-state index in [4.69, 9.17) is 4.74 Å². The Kier molecular flexibility index (Phi) is 6.85. The zero-order valence-electron chi connectivity index (χ0n) is 11.6. The van der Waals surface area contributed by atoms with Crippen molar-refractivity contribution in [2.45, 2.75) is 58.9 Å². The van der Waals surface area contributed by atoms with Gasteiger partial charge in [-0.1, -0.05) is 33.6 Å². The Balaban J connectivity index is 4.54. The predicted octanol–water partition coefficient (Wildman–Crippen LogP) is 2.27. The van der Waals surface area contributed by atoms with Crippen LogP contribution in [0, 0.1) is 5.92 Å². The zero-order chi connectivity index (χ0) is 13.5. The number of amides is 1. The van der Waals surface area contributed by atoms with Crippen LogP contribution in [0.2, 0.25) is 0 Å². The molecule has 0 aliphatic rings. The van der Waals surface area contributed by atoms with Gasteiger partial charge in [0.25, 0.3) is 0 Å². The van der Waals surface area contributed by atoms with Gasteiger partial charge in [0.2, 0.25) is 5.91 Å². The molecule has 0 aromatic rings. The summed E-state index contributed by atoms with van der Waals surface area (Å²) >= 11 is 0. The molecule has 0 rings (SSSR count). The molecule has 17 heavy (non-hydrogen) atoms. The van der Waals surface area contributed by atoms with Crippen LogP contribution in [0.3, 0.4) is 0 Å². The number of nitrogens with one attached hydrogen (secondary N) is 1. The minimum Gasteiger partial charge on any atom is -0.467 e. The third-order valence-electron chi connectivity index (χ3n) is 3.03. The molecule has 0 aliphatic heterocycles. The lowest BCUT2D eigenvalue weighted by molar-refractivity contribution is -0.150. The molecule has 0 saturated carbocycles. The zero-order valence-corrected chi connectivity index (χ0v) is 11.6. The van der Waals surface area contributed by atoms with Crippen molar-refractivity contribution in [1.29, 1.82) is 0 Å². The Morgan fingerprint density at radius 3 is 2.35 bits per heavy atom. The van der Waals surface area contributed by atoms with E-state index in [0.717, 1.165) is 12.8 Å². The van der Waals surface area contributed by atoms with E-state index in [1.165, 1.54) is 7.11 Å². The number of hydrogen-bond donors (Lipinski definition) is 1. The van der Waals surface area contributed by atoms with Crippen molar-refractivity contribution in [2.24, 2.45) is 5.92 Å². The van der Waals surface area contributed by atoms with Crippen LogP contribution >= 0.6 is 0 Å². The minimum absolute atomic E-state index is 0.0827. The summed E-state index contributed by atoms with van der Waals surface area (Å²) in [6.45, 7) is 7.76. The van der Waals surface area contributed by atoms with Crippen LogP contribution < -0.4 is 5.32 Å². The number of carbonyl (C=O) groups is 2. The molecule has 0 radical (unpaired) electrons. The Hall–Kier alpha value is -1.06. The van der Waals surface area contributed by atoms with Crippen molar-refractivity contribution in [2.75, 3.05) is 7.11 Å². The van der Waals surface area contributed by atoms with Gasteiger partial charge in [-0.3, -0.25) is 4.79 Å². The van der Waals surface area contributed by atoms with E-state index in [0.29, 0.717) is 18.8 Å². The molecule has 0 heterocycles. The van der Waals surface area contributed by atoms with Crippen molar-refractivity contribution >= 4 is 11.9 Å². The van der Waals surface area contributed by atoms with Gasteiger partial charge in [-0.2, -0.15) is 0 Å². The molecular formula is C13H25NO3. The topological polar surface area (TPSA) is 55.4 Å². The highest BCUT2D eigenvalue weighted by Crippen LogP contribution is 2.16. The maximum atomic E-state index is 11.8. The van der Waals surface area contributed by atoms with Crippen molar-refractivity contribution < 1.29 is 14.3 Å². The first-order chi connectivity index (χ1) is 7.89. The lowest BCUT2D eigenvalue weighted by atomic mass is 9.95. The average molecular weight is 243 g/mol. The molecule has 0 aromatic carbocycles. The Bertz CT molecular complexity index is 265. The Labute approximate surface area is 104 Å². The number of esters is 1. The van der Waals surface area contributed by atoms with E-state index in [1.807, 2.05) is 20.8 Å². The molecular weight excluding hydrogens is 218 g/mol. The van der Waals surface area contributed by atoms with Crippen LogP contribution in [0.25, 0.3) is 0 Å². The van der Waals surface area contributed by atoms with E-state index in [9.17, 15) is 9.59 Å². The number of carbonyl (C=O) groups excluding carboxylic acids is 2. The fourth-order valence-corrected chi connectivity index (χ4v) is 1.76. The number of rotatable bonds is 7. The molecule has 4 nitrogen and oxygen atoms in total. The summed E-state index contributed by atoms with van der Waals surface area (Å²) in [5.41, 5.74) is -0.895. The SMILES string of the molecule is CCCC(C)(NC(=O)CC(C)CC)C(=O)OC. The maximum Gasteiger partial charge on any atom is 0.331 e. The summed E-state index contributed by atoms with van der Waals surface area (Å²) in [7, 11) is 1.34. The smallest absolute Gasteiger partial charge is 0.331 e. The van der Waals surface area contributed by atoms with Gasteiger partial charge in [-0.05, 0) is 19.3 Å². The molecule has 0 bridgehead atoms. The summed E-state index contributed by atoms with van der Waals surface area (Å²) in [6, 6.07) is 0. The van der Waals surface area contributed by atoms with Crippen LogP contribution in [0.5, 0.6) is 0 Å². The third-order valence-corrected chi connectivity index (χ3v) is 3.03. The highest BCUT2D eigenvalue weighted by molar-refractivity contribution is 5.87. The van der Waals surface area contributed by atoms with E-state index in [2.05, 4.69) is 5.32 Å². The summed E-state index contributed by atoms with van der Waals surface area (Å²) in [6.07, 6.45) is 2.81. The molecule has 0 fully saturated rings. The monoisotopic (exact) mass is 243 g/mol. The third kappa shape index (κ3) is 5.20. The summed E-state index contributed by atoms with van der Waals surface area (Å²) in [5.74, 6) is -0.129. The molecule has 0 aliphatic carbocycles. The molecule has 2 unspecified atom stereocenters. The van der Waals surface area contributed by atoms with Crippen LogP contribution in [-0.4, -0.2) is 24.5 Å². The van der Waals surface area contributed by atoms with Crippen molar-refractivity contribution in [3.8, 4) is 0 Å². The van der Waals surface area contributed by atoms with Crippen LogP contribution in [0.4, 0.5) is 0 Å². The Morgan fingerprint density at radius 2 is 1.94 bits per heavy atom. The van der Waals surface area contributed by atoms with Gasteiger partial charge in [-0.15, -0.1) is 0 Å². The molecule has 1 N–H and O–H groups in total. The van der Waals surface area contributed by atoms with Gasteiger partial charge >= 0.3 is 5.97 Å². The number of methoxy groups -OCH3 is 1. The predicted molar refractivity (Wildman–Crippen MR) is 67.5 cm³/mol. The second-order valence-electron chi connectivity index (χ2n) is 4.84. The van der Waals surface area contributed by atoms with Gasteiger partial charge in [0.15, 0.2) is 0 Å². The van der Waals surface area contributed by atoms with Crippen LogP contribution in [0.15, 0.2) is 0 Å². The first kappa shape index (κ1) is 15.9. The van der Waals surface area contributed by atoms with E-state index < -0.39 is 5.54 Å². The van der Waals surface area contributed by atoms with Gasteiger partial charge < -0.3 is 10.1 Å². The largest absolute Gasteiger partial charge is 0.467 e. The molecule has 1 amide bonds. The van der Waals surface area contributed by atoms with E-state index in [1.54, 1.807) is 6.92 Å². The molecule has 0 spiro atoms. The van der Waals surface area contributed by atoms with Crippen LogP contribution in [0.1, 0.15) is 53.4 Å². The second-order valence-corrected chi connectivity index (χ2v) is 4.84. The standard InChI is InChI=1S/C13H25NO3/c1-6-8-13(4,12(16)17-5)14-11(15)9-10(3)7-2/h10H,6-9H2,1-5H3,(H,14,15). The van der Waals surface area contributed by atoms with Gasteiger partial charge in [0, 0.05) is 6.42 Å². The number of hydrogen-bond acceptors (Lipinski definition) is 3. The lowest BCUT2D eigenvalue weighted by Crippen LogP contribution is -2.52. The molecule has 2 atom stereocenters. The van der Waals surface area contributed by atoms with Crippen LogP contribution in [-0.2, 0) is 14.3 Å². The normalized spacial score (nSPS) is 15.8.